The lowest BCUT2D eigenvalue weighted by molar-refractivity contribution is 0.575. The van der Waals surface area contributed by atoms with Gasteiger partial charge in [-0.25, -0.2) is 4.76 Å². The van der Waals surface area contributed by atoms with Crippen molar-refractivity contribution < 1.29 is 0 Å². The van der Waals surface area contributed by atoms with Gasteiger partial charge in [-0.05, 0) is 60.1 Å². The summed E-state index contributed by atoms with van der Waals surface area (Å²) in [5, 5.41) is 0. The minimum atomic E-state index is -0.666. The molecule has 0 saturated carbocycles. The van der Waals surface area contributed by atoms with Gasteiger partial charge < -0.3 is 0 Å². The molecule has 2 rings (SSSR count). The van der Waals surface area contributed by atoms with Crippen molar-refractivity contribution in [2.75, 3.05) is 28.2 Å². The Kier molecular flexibility index (Phi) is 6.77. The van der Waals surface area contributed by atoms with Crippen LogP contribution < -0.4 is 0 Å². The van der Waals surface area contributed by atoms with E-state index in [-0.39, 0.29) is 0 Å². The molecule has 0 amide bonds. The molecule has 0 saturated heterocycles. The Morgan fingerprint density at radius 3 is 2.16 bits per heavy atom. The van der Waals surface area contributed by atoms with Gasteiger partial charge in [-0.3, -0.25) is 19.3 Å². The fourth-order valence-electron chi connectivity index (χ4n) is 2.82. The van der Waals surface area contributed by atoms with Crippen molar-refractivity contribution in [3.63, 3.8) is 0 Å². The van der Waals surface area contributed by atoms with Crippen LogP contribution in [-0.4, -0.2) is 55.7 Å². The Bertz CT molecular complexity index is 713. The first kappa shape index (κ1) is 19.6. The van der Waals surface area contributed by atoms with Crippen LogP contribution in [0.4, 0.5) is 5.69 Å². The molecule has 0 bridgehead atoms. The minimum Gasteiger partial charge on any atom is -0.258 e. The maximum absolute atomic E-state index is 4.68. The van der Waals surface area contributed by atoms with E-state index in [1.165, 1.54) is 16.7 Å². The highest BCUT2D eigenvalue weighted by Crippen LogP contribution is 2.40. The lowest BCUT2D eigenvalue weighted by Crippen LogP contribution is -2.15. The van der Waals surface area contributed by atoms with Gasteiger partial charge in [0.2, 0.25) is 0 Å². The number of hydrogen-bond acceptors (Lipinski definition) is 5. The maximum Gasteiger partial charge on any atom is 0.168 e. The van der Waals surface area contributed by atoms with Crippen molar-refractivity contribution in [2.24, 2.45) is 14.7 Å². The van der Waals surface area contributed by atoms with E-state index in [0.717, 1.165) is 23.5 Å². The van der Waals surface area contributed by atoms with Crippen LogP contribution in [0.25, 0.3) is 0 Å². The maximum atomic E-state index is 4.68. The molecule has 25 heavy (non-hydrogen) atoms. The molecule has 6 heteroatoms. The molecule has 5 nitrogen and oxygen atoms in total. The Labute approximate surface area is 152 Å². The normalized spacial score (nSPS) is 15.3. The number of benzene rings is 1. The lowest BCUT2D eigenvalue weighted by atomic mass is 10.1. The summed E-state index contributed by atoms with van der Waals surface area (Å²) < 4.78 is 8.93. The van der Waals surface area contributed by atoms with Crippen LogP contribution in [0.3, 0.4) is 0 Å². The molecule has 1 aliphatic heterocycles. The van der Waals surface area contributed by atoms with Crippen molar-refractivity contribution in [3.05, 3.63) is 40.6 Å². The Morgan fingerprint density at radius 2 is 1.60 bits per heavy atom. The molecule has 0 aliphatic carbocycles. The third-order valence-corrected chi connectivity index (χ3v) is 5.53. The average Bonchev–Trinajstić information content (AvgIpc) is 2.93. The van der Waals surface area contributed by atoms with E-state index in [2.05, 4.69) is 63.1 Å². The molecule has 1 aromatic rings. The van der Waals surface area contributed by atoms with Crippen LogP contribution in [0.5, 0.6) is 0 Å². The summed E-state index contributed by atoms with van der Waals surface area (Å²) in [5.41, 5.74) is 6.58. The van der Waals surface area contributed by atoms with Gasteiger partial charge in [0.15, 0.2) is 8.37 Å². The van der Waals surface area contributed by atoms with Gasteiger partial charge in [0.1, 0.15) is 0 Å². The van der Waals surface area contributed by atoms with E-state index in [1.807, 2.05) is 40.6 Å². The molecule has 0 radical (unpaired) electrons. The summed E-state index contributed by atoms with van der Waals surface area (Å²) in [6.07, 6.45) is 6.65. The van der Waals surface area contributed by atoms with Gasteiger partial charge in [0.05, 0.1) is 29.5 Å². The average molecular weight is 357 g/mol. The first-order valence-corrected chi connectivity index (χ1v) is 9.56. The van der Waals surface area contributed by atoms with Crippen LogP contribution in [0, 0.1) is 20.8 Å². The molecule has 134 valence electrons. The number of aliphatic imine (C=N–C) groups is 2. The highest BCUT2D eigenvalue weighted by Gasteiger charge is 2.13. The summed E-state index contributed by atoms with van der Waals surface area (Å²) in [6.45, 7) is 6.31. The number of hydrogen-bond donors (Lipinski definition) is 0. The van der Waals surface area contributed by atoms with E-state index in [9.17, 15) is 0 Å². The summed E-state index contributed by atoms with van der Waals surface area (Å²) in [7, 11) is 7.51. The second-order valence-corrected chi connectivity index (χ2v) is 9.02. The van der Waals surface area contributed by atoms with E-state index in [4.69, 9.17) is 0 Å². The molecule has 1 aliphatic rings. The third kappa shape index (κ3) is 5.40. The van der Waals surface area contributed by atoms with Gasteiger partial charge in [0.25, 0.3) is 0 Å². The number of rotatable bonds is 6. The van der Waals surface area contributed by atoms with E-state index in [0.29, 0.717) is 0 Å². The molecule has 0 fully saturated rings. The summed E-state index contributed by atoms with van der Waals surface area (Å²) in [4.78, 5) is 9.28. The molecule has 0 atom stereocenters. The molecule has 0 N–H and O–H groups in total. The molecule has 1 aromatic carbocycles. The number of aryl methyl sites for hydroxylation is 3. The fourth-order valence-corrected chi connectivity index (χ4v) is 4.18. The Hall–Kier alpha value is -1.68. The van der Waals surface area contributed by atoms with Gasteiger partial charge >= 0.3 is 0 Å². The van der Waals surface area contributed by atoms with E-state index in [1.54, 1.807) is 0 Å². The lowest BCUT2D eigenvalue weighted by Gasteiger charge is -2.24. The molecule has 0 aromatic heterocycles. The van der Waals surface area contributed by atoms with Crippen molar-refractivity contribution in [1.82, 2.24) is 9.34 Å². The zero-order chi connectivity index (χ0) is 18.6. The van der Waals surface area contributed by atoms with Gasteiger partial charge in [-0.2, -0.15) is 0 Å². The SMILES string of the molecule is Cc1cc(C)c(N=CC2=CCC(/C=N/P(N(C)C)N(C)C)=N2)c(C)c1. The quantitative estimate of drug-likeness (QED) is 0.557. The summed E-state index contributed by atoms with van der Waals surface area (Å²) in [5.74, 6) is 0. The van der Waals surface area contributed by atoms with Crippen molar-refractivity contribution in [1.29, 1.82) is 0 Å². The Morgan fingerprint density at radius 1 is 1.00 bits per heavy atom. The molecule has 0 unspecified atom stereocenters. The second kappa shape index (κ2) is 8.61. The second-order valence-electron chi connectivity index (χ2n) is 6.65. The standard InChI is InChI=1S/C19H28N5P/c1-14-10-15(2)19(16(3)11-14)20-12-17-8-9-18(22-17)13-21-25(23(4)5)24(6)7/h8,10-13H,9H2,1-7H3/b20-12?,21-13+. The zero-order valence-electron chi connectivity index (χ0n) is 16.3. The topological polar surface area (TPSA) is 43.6 Å². The summed E-state index contributed by atoms with van der Waals surface area (Å²) >= 11 is 0. The highest BCUT2D eigenvalue weighted by atomic mass is 31.1. The Balaban J connectivity index is 2.09. The van der Waals surface area contributed by atoms with Gasteiger partial charge in [-0.15, -0.1) is 0 Å². The van der Waals surface area contributed by atoms with Crippen LogP contribution in [0.1, 0.15) is 23.1 Å². The first-order chi connectivity index (χ1) is 11.8. The molecular formula is C19H28N5P. The van der Waals surface area contributed by atoms with Crippen molar-refractivity contribution in [2.45, 2.75) is 27.2 Å². The highest BCUT2D eigenvalue weighted by molar-refractivity contribution is 7.51. The molecular weight excluding hydrogens is 329 g/mol. The van der Waals surface area contributed by atoms with Crippen LogP contribution in [-0.2, 0) is 0 Å². The molecule has 1 heterocycles. The minimum absolute atomic E-state index is 0.666. The van der Waals surface area contributed by atoms with E-state index >= 15 is 0 Å². The van der Waals surface area contributed by atoms with Crippen LogP contribution in [0.15, 0.2) is 38.7 Å². The monoisotopic (exact) mass is 357 g/mol. The fraction of sp³-hybridized carbons (Fsp3) is 0.421. The van der Waals surface area contributed by atoms with E-state index < -0.39 is 8.37 Å². The van der Waals surface area contributed by atoms with Crippen molar-refractivity contribution in [3.8, 4) is 0 Å². The smallest absolute Gasteiger partial charge is 0.168 e. The van der Waals surface area contributed by atoms with Crippen molar-refractivity contribution >= 4 is 32.2 Å². The third-order valence-electron chi connectivity index (χ3n) is 3.78. The van der Waals surface area contributed by atoms with Crippen LogP contribution >= 0.6 is 8.37 Å². The predicted molar refractivity (Wildman–Crippen MR) is 112 cm³/mol. The zero-order valence-corrected chi connectivity index (χ0v) is 17.2. The van der Waals surface area contributed by atoms with Crippen LogP contribution in [0.2, 0.25) is 0 Å². The summed E-state index contributed by atoms with van der Waals surface area (Å²) in [6, 6.07) is 4.32. The number of nitrogens with zero attached hydrogens (tertiary/aromatic N) is 5. The largest absolute Gasteiger partial charge is 0.258 e. The first-order valence-electron chi connectivity index (χ1n) is 8.36. The number of allylic oxidation sites excluding steroid dienone is 2. The van der Waals surface area contributed by atoms with Gasteiger partial charge in [0, 0.05) is 6.42 Å². The molecule has 0 spiro atoms. The predicted octanol–water partition coefficient (Wildman–Crippen LogP) is 4.46. The van der Waals surface area contributed by atoms with Gasteiger partial charge in [-0.1, -0.05) is 23.8 Å².